The SMILES string of the molecule is CN/C(C=O)=C/N=C(Nc1ccc(Oc2cnc(C)c(F)c2)cc1)N(C)Cc1ccc(Cl)cc1.O=CC1CCOCC1. The van der Waals surface area contributed by atoms with Crippen LogP contribution in [0.1, 0.15) is 24.1 Å². The van der Waals surface area contributed by atoms with Crippen LogP contribution in [0.15, 0.2) is 77.7 Å². The van der Waals surface area contributed by atoms with Crippen molar-refractivity contribution >= 4 is 35.8 Å². The molecule has 1 aromatic heterocycles. The van der Waals surface area contributed by atoms with Crippen molar-refractivity contribution in [1.82, 2.24) is 15.2 Å². The molecule has 9 nitrogen and oxygen atoms in total. The molecule has 0 radical (unpaired) electrons. The quantitative estimate of drug-likeness (QED) is 0.140. The van der Waals surface area contributed by atoms with E-state index in [0.29, 0.717) is 46.7 Å². The van der Waals surface area contributed by atoms with E-state index in [1.807, 2.05) is 36.2 Å². The smallest absolute Gasteiger partial charge is 0.203 e. The molecule has 1 saturated heterocycles. The second kappa shape index (κ2) is 16.9. The Hall–Kier alpha value is -4.28. The van der Waals surface area contributed by atoms with Gasteiger partial charge in [-0.3, -0.25) is 9.78 Å². The summed E-state index contributed by atoms with van der Waals surface area (Å²) < 4.78 is 24.4. The van der Waals surface area contributed by atoms with Gasteiger partial charge in [0.15, 0.2) is 6.29 Å². The van der Waals surface area contributed by atoms with Gasteiger partial charge in [-0.2, -0.15) is 0 Å². The molecule has 0 atom stereocenters. The zero-order chi connectivity index (χ0) is 30.3. The van der Waals surface area contributed by atoms with Crippen molar-refractivity contribution in [3.05, 3.63) is 94.8 Å². The topological polar surface area (TPSA) is 105 Å². The number of carbonyl (C=O) groups excluding carboxylic acids is 2. The summed E-state index contributed by atoms with van der Waals surface area (Å²) in [5.74, 6) is 1.21. The number of rotatable bonds is 9. The highest BCUT2D eigenvalue weighted by Crippen LogP contribution is 2.24. The molecule has 1 aliphatic heterocycles. The molecule has 0 spiro atoms. The number of aromatic nitrogens is 1. The molecule has 2 aromatic carbocycles. The number of likely N-dealkylation sites (N-methyl/N-ethyl adjacent to an activating group) is 1. The Morgan fingerprint density at radius 1 is 1.14 bits per heavy atom. The van der Waals surface area contributed by atoms with Crippen molar-refractivity contribution in [2.24, 2.45) is 10.9 Å². The van der Waals surface area contributed by atoms with Gasteiger partial charge in [-0.25, -0.2) is 9.38 Å². The van der Waals surface area contributed by atoms with Crippen LogP contribution in [0.2, 0.25) is 5.02 Å². The number of carbonyl (C=O) groups is 2. The molecule has 42 heavy (non-hydrogen) atoms. The zero-order valence-electron chi connectivity index (χ0n) is 23.8. The number of hydrogen-bond donors (Lipinski definition) is 2. The zero-order valence-corrected chi connectivity index (χ0v) is 24.6. The monoisotopic (exact) mass is 595 g/mol. The number of benzene rings is 2. The molecule has 2 heterocycles. The summed E-state index contributed by atoms with van der Waals surface area (Å²) in [6.45, 7) is 3.68. The van der Waals surface area contributed by atoms with E-state index in [1.165, 1.54) is 18.5 Å². The Morgan fingerprint density at radius 2 is 1.83 bits per heavy atom. The Kier molecular flexibility index (Phi) is 12.9. The average molecular weight is 596 g/mol. The molecule has 222 valence electrons. The molecular weight excluding hydrogens is 561 g/mol. The van der Waals surface area contributed by atoms with Crippen LogP contribution in [0.25, 0.3) is 0 Å². The maximum absolute atomic E-state index is 13.7. The maximum Gasteiger partial charge on any atom is 0.203 e. The Morgan fingerprint density at radius 3 is 2.40 bits per heavy atom. The minimum Gasteiger partial charge on any atom is -0.456 e. The maximum atomic E-state index is 13.7. The minimum absolute atomic E-state index is 0.281. The normalized spacial score (nSPS) is 13.8. The number of nitrogens with zero attached hydrogens (tertiary/aromatic N) is 3. The summed E-state index contributed by atoms with van der Waals surface area (Å²) in [7, 11) is 3.53. The van der Waals surface area contributed by atoms with Crippen LogP contribution in [-0.2, 0) is 20.9 Å². The summed E-state index contributed by atoms with van der Waals surface area (Å²) in [6.07, 6.45) is 6.48. The number of ether oxygens (including phenoxy) is 2. The van der Waals surface area contributed by atoms with Gasteiger partial charge in [0.25, 0.3) is 0 Å². The van der Waals surface area contributed by atoms with Gasteiger partial charge in [0.05, 0.1) is 23.8 Å². The molecule has 1 fully saturated rings. The van der Waals surface area contributed by atoms with Crippen LogP contribution in [0.3, 0.4) is 0 Å². The number of pyridine rings is 1. The highest BCUT2D eigenvalue weighted by atomic mass is 35.5. The van der Waals surface area contributed by atoms with Gasteiger partial charge in [-0.1, -0.05) is 23.7 Å². The fourth-order valence-electron chi connectivity index (χ4n) is 3.72. The highest BCUT2D eigenvalue weighted by Gasteiger charge is 2.11. The van der Waals surface area contributed by atoms with E-state index in [9.17, 15) is 14.0 Å². The van der Waals surface area contributed by atoms with Gasteiger partial charge in [-0.15, -0.1) is 0 Å². The van der Waals surface area contributed by atoms with Crippen LogP contribution in [0.4, 0.5) is 10.1 Å². The van der Waals surface area contributed by atoms with Crippen molar-refractivity contribution < 1.29 is 23.5 Å². The summed E-state index contributed by atoms with van der Waals surface area (Å²) >= 11 is 5.98. The predicted octanol–water partition coefficient (Wildman–Crippen LogP) is 5.75. The molecule has 0 amide bonds. The van der Waals surface area contributed by atoms with E-state index < -0.39 is 5.82 Å². The van der Waals surface area contributed by atoms with E-state index in [-0.39, 0.29) is 5.92 Å². The van der Waals surface area contributed by atoms with E-state index in [1.54, 1.807) is 38.2 Å². The second-order valence-corrected chi connectivity index (χ2v) is 9.90. The number of aldehydes is 2. The number of halogens is 2. The van der Waals surface area contributed by atoms with Gasteiger partial charge in [0, 0.05) is 56.5 Å². The highest BCUT2D eigenvalue weighted by molar-refractivity contribution is 6.30. The van der Waals surface area contributed by atoms with Crippen molar-refractivity contribution in [1.29, 1.82) is 0 Å². The van der Waals surface area contributed by atoms with Crippen molar-refractivity contribution in [3.8, 4) is 11.5 Å². The molecule has 3 aromatic rings. The number of guanidine groups is 1. The van der Waals surface area contributed by atoms with Gasteiger partial charge in [0.1, 0.15) is 23.6 Å². The first-order valence-corrected chi connectivity index (χ1v) is 13.8. The molecule has 0 unspecified atom stereocenters. The van der Waals surface area contributed by atoms with Crippen LogP contribution in [0, 0.1) is 18.7 Å². The summed E-state index contributed by atoms with van der Waals surface area (Å²) in [4.78, 5) is 31.6. The molecule has 0 bridgehead atoms. The van der Waals surface area contributed by atoms with Crippen molar-refractivity contribution in [2.75, 3.05) is 32.6 Å². The fraction of sp³-hybridized carbons (Fsp3) is 0.290. The molecular formula is C31H35ClFN5O4. The predicted molar refractivity (Wildman–Crippen MR) is 162 cm³/mol. The lowest BCUT2D eigenvalue weighted by Gasteiger charge is -2.22. The van der Waals surface area contributed by atoms with Gasteiger partial charge in [-0.05, 0) is 61.7 Å². The summed E-state index contributed by atoms with van der Waals surface area (Å²) in [5.41, 5.74) is 2.43. The number of hydrogen-bond acceptors (Lipinski definition) is 7. The molecule has 0 saturated carbocycles. The summed E-state index contributed by atoms with van der Waals surface area (Å²) in [6, 6.07) is 15.9. The third kappa shape index (κ3) is 10.6. The largest absolute Gasteiger partial charge is 0.456 e. The van der Waals surface area contributed by atoms with Gasteiger partial charge in [0.2, 0.25) is 5.96 Å². The first-order valence-electron chi connectivity index (χ1n) is 13.4. The molecule has 0 aliphatic carbocycles. The first kappa shape index (κ1) is 32.2. The Balaban J connectivity index is 0.000000521. The molecule has 1 aliphatic rings. The lowest BCUT2D eigenvalue weighted by atomic mass is 10.0. The number of anilines is 1. The van der Waals surface area contributed by atoms with Crippen LogP contribution >= 0.6 is 11.6 Å². The lowest BCUT2D eigenvalue weighted by molar-refractivity contribution is -0.113. The molecule has 4 rings (SSSR count). The first-order chi connectivity index (χ1) is 20.3. The van der Waals surface area contributed by atoms with Crippen molar-refractivity contribution in [3.63, 3.8) is 0 Å². The number of aliphatic imine (C=N–C) groups is 1. The average Bonchev–Trinajstić information content (AvgIpc) is 3.01. The number of nitrogens with one attached hydrogen (secondary N) is 2. The minimum atomic E-state index is -0.426. The molecule has 2 N–H and O–H groups in total. The van der Waals surface area contributed by atoms with Gasteiger partial charge >= 0.3 is 0 Å². The number of aryl methyl sites for hydroxylation is 1. The summed E-state index contributed by atoms with van der Waals surface area (Å²) in [5, 5.41) is 6.70. The lowest BCUT2D eigenvalue weighted by Crippen LogP contribution is -2.32. The van der Waals surface area contributed by atoms with Crippen LogP contribution < -0.4 is 15.4 Å². The molecule has 11 heteroatoms. The van der Waals surface area contributed by atoms with Crippen LogP contribution in [-0.4, -0.2) is 55.7 Å². The van der Waals surface area contributed by atoms with E-state index in [2.05, 4.69) is 20.6 Å². The van der Waals surface area contributed by atoms with E-state index >= 15 is 0 Å². The Bertz CT molecular complexity index is 1360. The third-order valence-corrected chi connectivity index (χ3v) is 6.49. The number of allylic oxidation sites excluding steroid dienone is 1. The fourth-order valence-corrected chi connectivity index (χ4v) is 3.84. The van der Waals surface area contributed by atoms with E-state index in [4.69, 9.17) is 21.1 Å². The Labute approximate surface area is 250 Å². The second-order valence-electron chi connectivity index (χ2n) is 9.46. The van der Waals surface area contributed by atoms with Crippen LogP contribution in [0.5, 0.6) is 11.5 Å². The third-order valence-electron chi connectivity index (χ3n) is 6.24. The standard InChI is InChI=1S/C25H25ClFN5O2.C6H10O2/c1-17-24(27)12-23(14-29-17)34-22-10-8-20(9-11-22)31-25(30-13-21(16-33)28-2)32(3)15-18-4-6-19(26)7-5-18;7-5-6-1-3-8-4-2-6/h4-14,16,28H,15H2,1-3H3,(H,30,31);5-6H,1-4H2/b21-13+;. The van der Waals surface area contributed by atoms with Gasteiger partial charge < -0.3 is 29.8 Å². The van der Waals surface area contributed by atoms with Crippen molar-refractivity contribution in [2.45, 2.75) is 26.3 Å². The van der Waals surface area contributed by atoms with E-state index in [0.717, 1.165) is 43.6 Å².